The Kier molecular flexibility index (Phi) is 9.72. The smallest absolute Gasteiger partial charge is 0.423 e. The van der Waals surface area contributed by atoms with Gasteiger partial charge in [0.2, 0.25) is 0 Å². The van der Waals surface area contributed by atoms with E-state index in [-0.39, 0.29) is 16.9 Å². The standard InChI is InChI=1S/C23H27O6/c1-2-3-4-5-6-7-15-27-18-11-13-19(14-12-18)29-23(26)20-9-8-10-22(28-17-25)21(20)16-24/h8-14,24H,2-7,15-16H2,1H3. The molecule has 2 aromatic rings. The van der Waals surface area contributed by atoms with E-state index in [4.69, 9.17) is 9.47 Å². The maximum atomic E-state index is 12.4. The third-order valence-electron chi connectivity index (χ3n) is 4.46. The van der Waals surface area contributed by atoms with E-state index in [9.17, 15) is 14.7 Å². The Morgan fingerprint density at radius 1 is 0.966 bits per heavy atom. The van der Waals surface area contributed by atoms with E-state index in [0.29, 0.717) is 18.1 Å². The van der Waals surface area contributed by atoms with Crippen LogP contribution < -0.4 is 14.2 Å². The molecular weight excluding hydrogens is 372 g/mol. The van der Waals surface area contributed by atoms with Gasteiger partial charge in [-0.05, 0) is 42.8 Å². The number of unbranched alkanes of at least 4 members (excludes halogenated alkanes) is 5. The molecule has 155 valence electrons. The van der Waals surface area contributed by atoms with Gasteiger partial charge in [-0.3, -0.25) is 0 Å². The normalized spacial score (nSPS) is 10.4. The Labute approximate surface area is 171 Å². The second-order valence-electron chi connectivity index (χ2n) is 6.60. The molecule has 0 unspecified atom stereocenters. The van der Waals surface area contributed by atoms with E-state index in [1.165, 1.54) is 50.4 Å². The number of hydrogen-bond acceptors (Lipinski definition) is 6. The number of aliphatic hydroxyl groups excluding tert-OH is 1. The molecular formula is C23H27O6. The maximum absolute atomic E-state index is 12.4. The van der Waals surface area contributed by atoms with Gasteiger partial charge in [0.15, 0.2) is 0 Å². The van der Waals surface area contributed by atoms with Crippen molar-refractivity contribution in [2.24, 2.45) is 0 Å². The van der Waals surface area contributed by atoms with Gasteiger partial charge in [-0.1, -0.05) is 45.1 Å². The van der Waals surface area contributed by atoms with Gasteiger partial charge in [-0.2, -0.15) is 0 Å². The number of benzene rings is 2. The molecule has 0 saturated carbocycles. The van der Waals surface area contributed by atoms with Crippen LogP contribution in [0.2, 0.25) is 0 Å². The fourth-order valence-electron chi connectivity index (χ4n) is 2.90. The molecule has 0 spiro atoms. The number of aliphatic hydroxyl groups is 1. The highest BCUT2D eigenvalue weighted by Gasteiger charge is 2.17. The first-order valence-electron chi connectivity index (χ1n) is 9.91. The minimum absolute atomic E-state index is 0.0652. The van der Waals surface area contributed by atoms with E-state index in [0.717, 1.165) is 12.8 Å². The summed E-state index contributed by atoms with van der Waals surface area (Å²) in [7, 11) is 0. The molecule has 0 aliphatic rings. The van der Waals surface area contributed by atoms with Crippen molar-refractivity contribution in [2.75, 3.05) is 6.61 Å². The molecule has 0 amide bonds. The third kappa shape index (κ3) is 7.23. The van der Waals surface area contributed by atoms with E-state index < -0.39 is 12.6 Å². The fourth-order valence-corrected chi connectivity index (χ4v) is 2.90. The van der Waals surface area contributed by atoms with Crippen molar-refractivity contribution in [3.05, 3.63) is 53.6 Å². The lowest BCUT2D eigenvalue weighted by molar-refractivity contribution is 0.0730. The highest BCUT2D eigenvalue weighted by Crippen LogP contribution is 2.25. The first-order valence-corrected chi connectivity index (χ1v) is 9.91. The van der Waals surface area contributed by atoms with Crippen molar-refractivity contribution in [3.63, 3.8) is 0 Å². The zero-order valence-corrected chi connectivity index (χ0v) is 16.7. The highest BCUT2D eigenvalue weighted by molar-refractivity contribution is 5.93. The average Bonchev–Trinajstić information content (AvgIpc) is 2.74. The molecule has 2 aromatic carbocycles. The lowest BCUT2D eigenvalue weighted by Crippen LogP contribution is -2.12. The molecule has 0 atom stereocenters. The van der Waals surface area contributed by atoms with E-state index >= 15 is 0 Å². The van der Waals surface area contributed by atoms with E-state index in [2.05, 4.69) is 11.7 Å². The van der Waals surface area contributed by atoms with Crippen LogP contribution in [0.4, 0.5) is 0 Å². The number of ether oxygens (including phenoxy) is 3. The summed E-state index contributed by atoms with van der Waals surface area (Å²) >= 11 is 0. The van der Waals surface area contributed by atoms with Crippen LogP contribution in [0, 0.1) is 0 Å². The largest absolute Gasteiger partial charge is 0.494 e. The van der Waals surface area contributed by atoms with Gasteiger partial charge in [-0.25, -0.2) is 9.59 Å². The molecule has 1 N–H and O–H groups in total. The molecule has 0 aliphatic carbocycles. The summed E-state index contributed by atoms with van der Waals surface area (Å²) in [5.41, 5.74) is 0.281. The molecule has 6 nitrogen and oxygen atoms in total. The molecule has 2 rings (SSSR count). The summed E-state index contributed by atoms with van der Waals surface area (Å²) in [6.45, 7) is 3.67. The molecule has 1 radical (unpaired) electrons. The van der Waals surface area contributed by atoms with Crippen molar-refractivity contribution in [1.82, 2.24) is 0 Å². The van der Waals surface area contributed by atoms with Gasteiger partial charge >= 0.3 is 12.4 Å². The zero-order valence-electron chi connectivity index (χ0n) is 16.7. The summed E-state index contributed by atoms with van der Waals surface area (Å²) in [6, 6.07) is 11.3. The highest BCUT2D eigenvalue weighted by atomic mass is 16.5. The summed E-state index contributed by atoms with van der Waals surface area (Å²) in [4.78, 5) is 22.9. The molecule has 0 aliphatic heterocycles. The van der Waals surface area contributed by atoms with E-state index in [1.54, 1.807) is 24.3 Å². The molecule has 29 heavy (non-hydrogen) atoms. The SMILES string of the molecule is CCCCCCCCOc1ccc(OC(=O)c2cccc(O[C]=O)c2CO)cc1. The quantitative estimate of drug-likeness (QED) is 0.302. The second kappa shape index (κ2) is 12.6. The van der Waals surface area contributed by atoms with Gasteiger partial charge in [-0.15, -0.1) is 0 Å². The number of esters is 1. The summed E-state index contributed by atoms with van der Waals surface area (Å²) in [5.74, 6) is 0.465. The van der Waals surface area contributed by atoms with Gasteiger partial charge in [0.05, 0.1) is 18.8 Å². The van der Waals surface area contributed by atoms with Crippen molar-refractivity contribution in [3.8, 4) is 17.2 Å². The van der Waals surface area contributed by atoms with Crippen LogP contribution in [0.1, 0.15) is 61.4 Å². The first kappa shape index (κ1) is 22.4. The Balaban J connectivity index is 1.87. The Morgan fingerprint density at radius 3 is 2.34 bits per heavy atom. The number of carbonyl (C=O) groups is 1. The topological polar surface area (TPSA) is 82.1 Å². The van der Waals surface area contributed by atoms with Crippen LogP contribution in [0.3, 0.4) is 0 Å². The molecule has 0 heterocycles. The van der Waals surface area contributed by atoms with Crippen LogP contribution in [-0.4, -0.2) is 24.2 Å². The van der Waals surface area contributed by atoms with Crippen LogP contribution in [-0.2, 0) is 11.4 Å². The molecule has 0 bridgehead atoms. The van der Waals surface area contributed by atoms with Crippen molar-refractivity contribution < 1.29 is 28.9 Å². The van der Waals surface area contributed by atoms with Crippen LogP contribution in [0.15, 0.2) is 42.5 Å². The Morgan fingerprint density at radius 2 is 1.66 bits per heavy atom. The number of rotatable bonds is 13. The lowest BCUT2D eigenvalue weighted by atomic mass is 10.1. The Hall–Kier alpha value is -2.86. The van der Waals surface area contributed by atoms with Crippen molar-refractivity contribution in [1.29, 1.82) is 0 Å². The third-order valence-corrected chi connectivity index (χ3v) is 4.46. The molecule has 6 heteroatoms. The first-order chi connectivity index (χ1) is 14.2. The summed E-state index contributed by atoms with van der Waals surface area (Å²) in [6.07, 6.45) is 7.21. The second-order valence-corrected chi connectivity index (χ2v) is 6.60. The summed E-state index contributed by atoms with van der Waals surface area (Å²) < 4.78 is 15.7. The fraction of sp³-hybridized carbons (Fsp3) is 0.391. The van der Waals surface area contributed by atoms with Gasteiger partial charge < -0.3 is 19.3 Å². The van der Waals surface area contributed by atoms with E-state index in [1.807, 2.05) is 0 Å². The predicted molar refractivity (Wildman–Crippen MR) is 109 cm³/mol. The molecule has 0 saturated heterocycles. The summed E-state index contributed by atoms with van der Waals surface area (Å²) in [5, 5.41) is 9.51. The van der Waals surface area contributed by atoms with Crippen LogP contribution in [0.5, 0.6) is 17.2 Å². The minimum atomic E-state index is -0.661. The number of carbonyl (C=O) groups excluding carboxylic acids is 2. The Bertz CT molecular complexity index is 769. The van der Waals surface area contributed by atoms with Gasteiger partial charge in [0, 0.05) is 5.56 Å². The lowest BCUT2D eigenvalue weighted by Gasteiger charge is -2.11. The number of hydrogen-bond donors (Lipinski definition) is 1. The molecule has 0 fully saturated rings. The zero-order chi connectivity index (χ0) is 20.9. The minimum Gasteiger partial charge on any atom is -0.494 e. The van der Waals surface area contributed by atoms with Gasteiger partial charge in [0.1, 0.15) is 17.2 Å². The van der Waals surface area contributed by atoms with Crippen molar-refractivity contribution in [2.45, 2.75) is 52.1 Å². The van der Waals surface area contributed by atoms with Gasteiger partial charge in [0.25, 0.3) is 0 Å². The van der Waals surface area contributed by atoms with Crippen molar-refractivity contribution >= 4 is 12.4 Å². The monoisotopic (exact) mass is 399 g/mol. The predicted octanol–water partition coefficient (Wildman–Crippen LogP) is 4.58. The van der Waals surface area contributed by atoms with Crippen LogP contribution in [0.25, 0.3) is 0 Å². The maximum Gasteiger partial charge on any atom is 0.423 e. The average molecular weight is 399 g/mol. The molecule has 0 aromatic heterocycles. The van der Waals surface area contributed by atoms with Crippen LogP contribution >= 0.6 is 0 Å².